The van der Waals surface area contributed by atoms with E-state index in [1.807, 2.05) is 31.2 Å². The van der Waals surface area contributed by atoms with Crippen molar-refractivity contribution in [3.05, 3.63) is 54.1 Å². The standard InChI is InChI=1S/C23H32N2O5S/c1-6-30-21-13-9-19(10-14-21)25(31(5,27)28)16-23(26)24-22(15-17(2)3)18-7-11-20(29-4)12-8-18/h7-14,17,22H,6,15-16H2,1-5H3,(H,24,26)/t22-/m1/s1. The number of rotatable bonds is 11. The van der Waals surface area contributed by atoms with Crippen LogP contribution in [0.25, 0.3) is 0 Å². The third-order valence-electron chi connectivity index (χ3n) is 4.68. The van der Waals surface area contributed by atoms with Crippen LogP contribution in [-0.4, -0.2) is 40.8 Å². The van der Waals surface area contributed by atoms with Crippen LogP contribution in [0.5, 0.6) is 11.5 Å². The van der Waals surface area contributed by atoms with Gasteiger partial charge in [-0.2, -0.15) is 0 Å². The maximum Gasteiger partial charge on any atom is 0.241 e. The van der Waals surface area contributed by atoms with Gasteiger partial charge in [0.05, 0.1) is 31.7 Å². The van der Waals surface area contributed by atoms with Gasteiger partial charge < -0.3 is 14.8 Å². The summed E-state index contributed by atoms with van der Waals surface area (Å²) >= 11 is 0. The number of amides is 1. The van der Waals surface area contributed by atoms with Crippen molar-refractivity contribution in [1.82, 2.24) is 5.32 Å². The average Bonchev–Trinajstić information content (AvgIpc) is 2.71. The van der Waals surface area contributed by atoms with E-state index in [9.17, 15) is 13.2 Å². The summed E-state index contributed by atoms with van der Waals surface area (Å²) in [4.78, 5) is 12.9. The summed E-state index contributed by atoms with van der Waals surface area (Å²) in [7, 11) is -2.06. The molecule has 1 atom stereocenters. The van der Waals surface area contributed by atoms with Crippen LogP contribution in [-0.2, 0) is 14.8 Å². The minimum atomic E-state index is -3.66. The molecule has 170 valence electrons. The predicted octanol–water partition coefficient (Wildman–Crippen LogP) is 3.76. The number of carbonyl (C=O) groups is 1. The number of anilines is 1. The zero-order valence-corrected chi connectivity index (χ0v) is 19.6. The number of ether oxygens (including phenoxy) is 2. The quantitative estimate of drug-likeness (QED) is 0.566. The highest BCUT2D eigenvalue weighted by Crippen LogP contribution is 2.25. The molecule has 0 aliphatic rings. The average molecular weight is 449 g/mol. The van der Waals surface area contributed by atoms with Gasteiger partial charge in [0.1, 0.15) is 18.0 Å². The van der Waals surface area contributed by atoms with Crippen molar-refractivity contribution in [2.75, 3.05) is 30.8 Å². The Morgan fingerprint density at radius 1 is 1.03 bits per heavy atom. The maximum absolute atomic E-state index is 12.9. The summed E-state index contributed by atoms with van der Waals surface area (Å²) in [6.45, 7) is 6.23. The second-order valence-electron chi connectivity index (χ2n) is 7.72. The lowest BCUT2D eigenvalue weighted by atomic mass is 9.97. The summed E-state index contributed by atoms with van der Waals surface area (Å²) in [6, 6.07) is 13.9. The number of carbonyl (C=O) groups excluding carboxylic acids is 1. The molecule has 2 aromatic rings. The van der Waals surface area contributed by atoms with E-state index in [4.69, 9.17) is 9.47 Å². The summed E-state index contributed by atoms with van der Waals surface area (Å²) < 4.78 is 36.5. The van der Waals surface area contributed by atoms with Crippen LogP contribution in [0.1, 0.15) is 38.8 Å². The van der Waals surface area contributed by atoms with E-state index in [0.717, 1.165) is 28.3 Å². The lowest BCUT2D eigenvalue weighted by Crippen LogP contribution is -2.41. The highest BCUT2D eigenvalue weighted by molar-refractivity contribution is 7.92. The molecule has 31 heavy (non-hydrogen) atoms. The number of hydrogen-bond acceptors (Lipinski definition) is 5. The molecule has 0 fully saturated rings. The van der Waals surface area contributed by atoms with E-state index in [0.29, 0.717) is 24.0 Å². The summed E-state index contributed by atoms with van der Waals surface area (Å²) in [6.07, 6.45) is 1.81. The fourth-order valence-electron chi connectivity index (χ4n) is 3.23. The van der Waals surface area contributed by atoms with Gasteiger partial charge in [-0.15, -0.1) is 0 Å². The Hall–Kier alpha value is -2.74. The van der Waals surface area contributed by atoms with Gasteiger partial charge in [-0.25, -0.2) is 8.42 Å². The van der Waals surface area contributed by atoms with Gasteiger partial charge in [-0.3, -0.25) is 9.10 Å². The molecule has 1 amide bonds. The van der Waals surface area contributed by atoms with Crippen molar-refractivity contribution in [2.24, 2.45) is 5.92 Å². The second-order valence-corrected chi connectivity index (χ2v) is 9.63. The Morgan fingerprint density at radius 3 is 2.10 bits per heavy atom. The summed E-state index contributed by atoms with van der Waals surface area (Å²) in [5.41, 5.74) is 1.35. The van der Waals surface area contributed by atoms with Crippen molar-refractivity contribution < 1.29 is 22.7 Å². The highest BCUT2D eigenvalue weighted by atomic mass is 32.2. The number of nitrogens with zero attached hydrogens (tertiary/aromatic N) is 1. The molecule has 0 saturated carbocycles. The third-order valence-corrected chi connectivity index (χ3v) is 5.82. The third kappa shape index (κ3) is 7.47. The first-order valence-electron chi connectivity index (χ1n) is 10.3. The molecular formula is C23H32N2O5S. The number of sulfonamides is 1. The van der Waals surface area contributed by atoms with E-state index < -0.39 is 10.0 Å². The molecule has 7 nitrogen and oxygen atoms in total. The normalized spacial score (nSPS) is 12.3. The minimum Gasteiger partial charge on any atom is -0.497 e. The topological polar surface area (TPSA) is 84.9 Å². The van der Waals surface area contributed by atoms with Crippen LogP contribution in [0.15, 0.2) is 48.5 Å². The van der Waals surface area contributed by atoms with Gasteiger partial charge in [-0.05, 0) is 61.2 Å². The second kappa shape index (κ2) is 11.0. The zero-order valence-electron chi connectivity index (χ0n) is 18.8. The SMILES string of the molecule is CCOc1ccc(N(CC(=O)N[C@H](CC(C)C)c2ccc(OC)cc2)S(C)(=O)=O)cc1. The molecule has 1 N–H and O–H groups in total. The predicted molar refractivity (Wildman–Crippen MR) is 123 cm³/mol. The smallest absolute Gasteiger partial charge is 0.241 e. The van der Waals surface area contributed by atoms with Crippen LogP contribution in [0, 0.1) is 5.92 Å². The van der Waals surface area contributed by atoms with Gasteiger partial charge in [-0.1, -0.05) is 26.0 Å². The number of methoxy groups -OCH3 is 1. The molecule has 0 aliphatic carbocycles. The minimum absolute atomic E-state index is 0.236. The molecule has 2 aromatic carbocycles. The van der Waals surface area contributed by atoms with Crippen molar-refractivity contribution in [3.8, 4) is 11.5 Å². The molecule has 0 radical (unpaired) electrons. The van der Waals surface area contributed by atoms with E-state index in [2.05, 4.69) is 19.2 Å². The highest BCUT2D eigenvalue weighted by Gasteiger charge is 2.23. The molecular weight excluding hydrogens is 416 g/mol. The zero-order chi connectivity index (χ0) is 23.0. The lowest BCUT2D eigenvalue weighted by molar-refractivity contribution is -0.120. The van der Waals surface area contributed by atoms with Gasteiger partial charge >= 0.3 is 0 Å². The molecule has 0 saturated heterocycles. The number of hydrogen-bond donors (Lipinski definition) is 1. The monoisotopic (exact) mass is 448 g/mol. The number of benzene rings is 2. The molecule has 8 heteroatoms. The van der Waals surface area contributed by atoms with E-state index in [1.54, 1.807) is 31.4 Å². The Labute approximate surface area is 185 Å². The van der Waals surface area contributed by atoms with Gasteiger partial charge in [0.2, 0.25) is 15.9 Å². The first-order valence-corrected chi connectivity index (χ1v) is 12.1. The van der Waals surface area contributed by atoms with Gasteiger partial charge in [0.25, 0.3) is 0 Å². The first kappa shape index (κ1) is 24.5. The molecule has 2 rings (SSSR count). The Kier molecular flexibility index (Phi) is 8.74. The van der Waals surface area contributed by atoms with Crippen LogP contribution in [0.3, 0.4) is 0 Å². The van der Waals surface area contributed by atoms with Crippen molar-refractivity contribution in [1.29, 1.82) is 0 Å². The van der Waals surface area contributed by atoms with Crippen LogP contribution >= 0.6 is 0 Å². The lowest BCUT2D eigenvalue weighted by Gasteiger charge is -2.25. The fraction of sp³-hybridized carbons (Fsp3) is 0.435. The van der Waals surface area contributed by atoms with E-state index >= 15 is 0 Å². The van der Waals surface area contributed by atoms with Crippen LogP contribution in [0.4, 0.5) is 5.69 Å². The molecule has 0 bridgehead atoms. The maximum atomic E-state index is 12.9. The van der Waals surface area contributed by atoms with Gasteiger partial charge in [0.15, 0.2) is 0 Å². The number of nitrogens with one attached hydrogen (secondary N) is 1. The Morgan fingerprint density at radius 2 is 1.61 bits per heavy atom. The summed E-state index contributed by atoms with van der Waals surface area (Å²) in [5, 5.41) is 3.00. The Bertz CT molecular complexity index is 941. The van der Waals surface area contributed by atoms with Crippen molar-refractivity contribution in [2.45, 2.75) is 33.2 Å². The molecule has 0 aromatic heterocycles. The largest absolute Gasteiger partial charge is 0.497 e. The van der Waals surface area contributed by atoms with Crippen molar-refractivity contribution in [3.63, 3.8) is 0 Å². The van der Waals surface area contributed by atoms with Gasteiger partial charge in [0, 0.05) is 0 Å². The fourth-order valence-corrected chi connectivity index (χ4v) is 4.09. The Balaban J connectivity index is 2.20. The molecule has 0 spiro atoms. The molecule has 0 unspecified atom stereocenters. The first-order chi connectivity index (χ1) is 14.6. The van der Waals surface area contributed by atoms with Crippen LogP contribution in [0.2, 0.25) is 0 Å². The van der Waals surface area contributed by atoms with Crippen LogP contribution < -0.4 is 19.1 Å². The van der Waals surface area contributed by atoms with E-state index in [1.165, 1.54) is 0 Å². The van der Waals surface area contributed by atoms with E-state index in [-0.39, 0.29) is 18.5 Å². The molecule has 0 aliphatic heterocycles. The summed E-state index contributed by atoms with van der Waals surface area (Å²) in [5.74, 6) is 1.34. The molecule has 0 heterocycles. The van der Waals surface area contributed by atoms with Crippen molar-refractivity contribution >= 4 is 21.6 Å².